The van der Waals surface area contributed by atoms with E-state index in [1.54, 1.807) is 16.9 Å². The lowest BCUT2D eigenvalue weighted by Crippen LogP contribution is -1.99. The molecule has 0 radical (unpaired) electrons. The number of aryl methyl sites for hydroxylation is 3. The maximum atomic E-state index is 5.94. The highest BCUT2D eigenvalue weighted by Gasteiger charge is 2.10. The Morgan fingerprint density at radius 3 is 2.57 bits per heavy atom. The Bertz CT molecular complexity index is 804. The zero-order valence-electron chi connectivity index (χ0n) is 12.3. The molecule has 1 aromatic carbocycles. The van der Waals surface area contributed by atoms with Gasteiger partial charge in [0.2, 0.25) is 0 Å². The number of rotatable bonds is 2. The van der Waals surface area contributed by atoms with Crippen molar-refractivity contribution in [1.82, 2.24) is 19.7 Å². The highest BCUT2D eigenvalue weighted by Crippen LogP contribution is 2.25. The second-order valence-electron chi connectivity index (χ2n) is 5.22. The Morgan fingerprint density at radius 2 is 1.90 bits per heavy atom. The number of hydrogen-bond donors (Lipinski definition) is 1. The van der Waals surface area contributed by atoms with Crippen LogP contribution in [0.5, 0.6) is 0 Å². The van der Waals surface area contributed by atoms with Crippen molar-refractivity contribution in [1.29, 1.82) is 0 Å². The normalized spacial score (nSPS) is 10.8. The molecule has 0 unspecified atom stereocenters. The Hall–Kier alpha value is -2.69. The van der Waals surface area contributed by atoms with Crippen molar-refractivity contribution < 1.29 is 0 Å². The summed E-state index contributed by atoms with van der Waals surface area (Å²) in [6.07, 6.45) is 3.68. The van der Waals surface area contributed by atoms with Gasteiger partial charge in [0.15, 0.2) is 5.82 Å². The Balaban J connectivity index is 2.13. The molecule has 0 saturated carbocycles. The first-order chi connectivity index (χ1) is 10.0. The topological polar surface area (TPSA) is 69.6 Å². The SMILES string of the molecule is Cc1ccc(-c2nc(N)cc(-c3cnn(C)c3)n2)c(C)c1. The maximum Gasteiger partial charge on any atom is 0.162 e. The molecule has 0 aliphatic heterocycles. The summed E-state index contributed by atoms with van der Waals surface area (Å²) in [6.45, 7) is 4.12. The maximum absolute atomic E-state index is 5.94. The molecule has 106 valence electrons. The van der Waals surface area contributed by atoms with Gasteiger partial charge in [-0.25, -0.2) is 9.97 Å². The van der Waals surface area contributed by atoms with Crippen LogP contribution in [-0.4, -0.2) is 19.7 Å². The summed E-state index contributed by atoms with van der Waals surface area (Å²) in [6, 6.07) is 7.97. The molecule has 3 rings (SSSR count). The van der Waals surface area contributed by atoms with E-state index in [0.29, 0.717) is 11.6 Å². The van der Waals surface area contributed by atoms with Crippen LogP contribution in [0.1, 0.15) is 11.1 Å². The zero-order valence-corrected chi connectivity index (χ0v) is 12.3. The summed E-state index contributed by atoms with van der Waals surface area (Å²) in [4.78, 5) is 9.00. The van der Waals surface area contributed by atoms with Crippen LogP contribution in [0, 0.1) is 13.8 Å². The lowest BCUT2D eigenvalue weighted by Gasteiger charge is -2.08. The molecule has 0 aliphatic carbocycles. The third-order valence-corrected chi connectivity index (χ3v) is 3.37. The van der Waals surface area contributed by atoms with Gasteiger partial charge in [-0.1, -0.05) is 23.8 Å². The van der Waals surface area contributed by atoms with Gasteiger partial charge in [0.1, 0.15) is 5.82 Å². The van der Waals surface area contributed by atoms with E-state index in [-0.39, 0.29) is 0 Å². The second kappa shape index (κ2) is 5.01. The molecule has 2 N–H and O–H groups in total. The summed E-state index contributed by atoms with van der Waals surface area (Å²) in [5.41, 5.74) is 11.0. The molecule has 5 heteroatoms. The van der Waals surface area contributed by atoms with E-state index in [1.165, 1.54) is 5.56 Å². The van der Waals surface area contributed by atoms with E-state index in [2.05, 4.69) is 41.0 Å². The fourth-order valence-electron chi connectivity index (χ4n) is 2.35. The number of benzene rings is 1. The molecule has 0 amide bonds. The van der Waals surface area contributed by atoms with Crippen LogP contribution in [0.4, 0.5) is 5.82 Å². The molecule has 3 aromatic rings. The molecule has 2 aromatic heterocycles. The van der Waals surface area contributed by atoms with Gasteiger partial charge in [0, 0.05) is 30.4 Å². The number of aromatic nitrogens is 4. The largest absolute Gasteiger partial charge is 0.384 e. The van der Waals surface area contributed by atoms with Crippen molar-refractivity contribution in [2.45, 2.75) is 13.8 Å². The van der Waals surface area contributed by atoms with E-state index in [0.717, 1.165) is 22.4 Å². The summed E-state index contributed by atoms with van der Waals surface area (Å²) in [7, 11) is 1.87. The summed E-state index contributed by atoms with van der Waals surface area (Å²) < 4.78 is 1.74. The molecule has 0 bridgehead atoms. The van der Waals surface area contributed by atoms with E-state index >= 15 is 0 Å². The fraction of sp³-hybridized carbons (Fsp3) is 0.188. The molecule has 5 nitrogen and oxygen atoms in total. The first-order valence-electron chi connectivity index (χ1n) is 6.74. The van der Waals surface area contributed by atoms with Crippen LogP contribution < -0.4 is 5.73 Å². The zero-order chi connectivity index (χ0) is 15.0. The van der Waals surface area contributed by atoms with Crippen LogP contribution >= 0.6 is 0 Å². The number of nitrogen functional groups attached to an aromatic ring is 1. The van der Waals surface area contributed by atoms with Gasteiger partial charge in [0.05, 0.1) is 11.9 Å². The van der Waals surface area contributed by atoms with Crippen molar-refractivity contribution >= 4 is 5.82 Å². The van der Waals surface area contributed by atoms with Crippen LogP contribution in [0.25, 0.3) is 22.6 Å². The monoisotopic (exact) mass is 279 g/mol. The van der Waals surface area contributed by atoms with Gasteiger partial charge < -0.3 is 5.73 Å². The number of nitrogens with zero attached hydrogens (tertiary/aromatic N) is 4. The van der Waals surface area contributed by atoms with Gasteiger partial charge in [0.25, 0.3) is 0 Å². The predicted octanol–water partition coefficient (Wildman–Crippen LogP) is 2.74. The number of nitrogens with two attached hydrogens (primary N) is 1. The minimum atomic E-state index is 0.457. The summed E-state index contributed by atoms with van der Waals surface area (Å²) >= 11 is 0. The second-order valence-corrected chi connectivity index (χ2v) is 5.22. The van der Waals surface area contributed by atoms with Crippen LogP contribution in [0.15, 0.2) is 36.7 Å². The highest BCUT2D eigenvalue weighted by atomic mass is 15.2. The smallest absolute Gasteiger partial charge is 0.162 e. The fourth-order valence-corrected chi connectivity index (χ4v) is 2.35. The first kappa shape index (κ1) is 13.3. The van der Waals surface area contributed by atoms with Crippen molar-refractivity contribution in [3.05, 3.63) is 47.8 Å². The Kier molecular flexibility index (Phi) is 3.17. The third kappa shape index (κ3) is 2.63. The van der Waals surface area contributed by atoms with Crippen LogP contribution in [0.2, 0.25) is 0 Å². The molecule has 0 aliphatic rings. The van der Waals surface area contributed by atoms with Crippen molar-refractivity contribution in [3.63, 3.8) is 0 Å². The van der Waals surface area contributed by atoms with Crippen molar-refractivity contribution in [2.75, 3.05) is 5.73 Å². The minimum Gasteiger partial charge on any atom is -0.384 e. The standard InChI is InChI=1S/C16H17N5/c1-10-4-5-13(11(2)6-10)16-19-14(7-15(17)20-16)12-8-18-21(3)9-12/h4-9H,1-3H3,(H2,17,19,20). The lowest BCUT2D eigenvalue weighted by molar-refractivity contribution is 0.768. The van der Waals surface area contributed by atoms with Crippen LogP contribution in [0.3, 0.4) is 0 Å². The highest BCUT2D eigenvalue weighted by molar-refractivity contribution is 5.67. The number of anilines is 1. The molecular formula is C16H17N5. The van der Waals surface area contributed by atoms with E-state index in [9.17, 15) is 0 Å². The molecule has 2 heterocycles. The molecule has 0 fully saturated rings. The summed E-state index contributed by atoms with van der Waals surface area (Å²) in [5.74, 6) is 1.10. The molecule has 21 heavy (non-hydrogen) atoms. The van der Waals surface area contributed by atoms with E-state index in [4.69, 9.17) is 5.73 Å². The predicted molar refractivity (Wildman–Crippen MR) is 83.6 cm³/mol. The van der Waals surface area contributed by atoms with E-state index < -0.39 is 0 Å². The minimum absolute atomic E-state index is 0.457. The van der Waals surface area contributed by atoms with Crippen molar-refractivity contribution in [3.8, 4) is 22.6 Å². The van der Waals surface area contributed by atoms with Gasteiger partial charge in [-0.3, -0.25) is 4.68 Å². The van der Waals surface area contributed by atoms with Gasteiger partial charge in [-0.05, 0) is 19.4 Å². The molecule has 0 saturated heterocycles. The molecule has 0 spiro atoms. The lowest BCUT2D eigenvalue weighted by atomic mass is 10.0. The van der Waals surface area contributed by atoms with Gasteiger partial charge >= 0.3 is 0 Å². The summed E-state index contributed by atoms with van der Waals surface area (Å²) in [5, 5.41) is 4.17. The van der Waals surface area contributed by atoms with Gasteiger partial charge in [-0.2, -0.15) is 5.10 Å². The Labute approximate surface area is 123 Å². The average Bonchev–Trinajstić information content (AvgIpc) is 2.84. The van der Waals surface area contributed by atoms with E-state index in [1.807, 2.05) is 19.3 Å². The first-order valence-corrected chi connectivity index (χ1v) is 6.74. The average molecular weight is 279 g/mol. The van der Waals surface area contributed by atoms with Crippen molar-refractivity contribution in [2.24, 2.45) is 7.05 Å². The third-order valence-electron chi connectivity index (χ3n) is 3.37. The van der Waals surface area contributed by atoms with Crippen LogP contribution in [-0.2, 0) is 7.05 Å². The number of hydrogen-bond acceptors (Lipinski definition) is 4. The van der Waals surface area contributed by atoms with Gasteiger partial charge in [-0.15, -0.1) is 0 Å². The molecular weight excluding hydrogens is 262 g/mol. The Morgan fingerprint density at radius 1 is 1.10 bits per heavy atom. The molecule has 0 atom stereocenters. The quantitative estimate of drug-likeness (QED) is 0.783.